The third-order valence-corrected chi connectivity index (χ3v) is 6.95. The number of aromatic nitrogens is 6. The molecule has 0 saturated carbocycles. The normalized spacial score (nSPS) is 13.5. The monoisotopic (exact) mass is 583 g/mol. The predicted octanol–water partition coefficient (Wildman–Crippen LogP) is 3.69. The van der Waals surface area contributed by atoms with Crippen LogP contribution in [0.2, 0.25) is 0 Å². The number of anilines is 3. The van der Waals surface area contributed by atoms with Gasteiger partial charge in [0.05, 0.1) is 50.7 Å². The smallest absolute Gasteiger partial charge is 0.241 e. The van der Waals surface area contributed by atoms with E-state index in [4.69, 9.17) is 28.9 Å². The fourth-order valence-corrected chi connectivity index (χ4v) is 4.80. The highest BCUT2D eigenvalue weighted by atomic mass is 16.5. The number of fused-ring (bicyclic) bond motifs is 1. The second-order valence-electron chi connectivity index (χ2n) is 9.68. The summed E-state index contributed by atoms with van der Waals surface area (Å²) >= 11 is 0. The van der Waals surface area contributed by atoms with Crippen LogP contribution in [-0.2, 0) is 11.3 Å². The predicted molar refractivity (Wildman–Crippen MR) is 162 cm³/mol. The van der Waals surface area contributed by atoms with E-state index in [2.05, 4.69) is 30.5 Å². The molecule has 0 atom stereocenters. The lowest BCUT2D eigenvalue weighted by molar-refractivity contribution is 0.0319. The Balaban J connectivity index is 1.23. The maximum Gasteiger partial charge on any atom is 0.241 e. The van der Waals surface area contributed by atoms with Crippen LogP contribution in [0.15, 0.2) is 67.1 Å². The molecule has 0 radical (unpaired) electrons. The topological polar surface area (TPSA) is 134 Å². The lowest BCUT2D eigenvalue weighted by Gasteiger charge is -2.26. The molecule has 1 saturated heterocycles. The molecule has 2 N–H and O–H groups in total. The van der Waals surface area contributed by atoms with Crippen molar-refractivity contribution in [1.82, 2.24) is 34.4 Å². The average molecular weight is 584 g/mol. The van der Waals surface area contributed by atoms with E-state index in [-0.39, 0.29) is 0 Å². The van der Waals surface area contributed by atoms with Gasteiger partial charge in [-0.3, -0.25) is 9.88 Å². The van der Waals surface area contributed by atoms with Gasteiger partial charge < -0.3 is 29.6 Å². The van der Waals surface area contributed by atoms with Crippen molar-refractivity contribution in [1.29, 1.82) is 0 Å². The molecule has 0 aliphatic carbocycles. The fourth-order valence-electron chi connectivity index (χ4n) is 4.80. The van der Waals surface area contributed by atoms with Crippen molar-refractivity contribution < 1.29 is 18.9 Å². The first kappa shape index (κ1) is 28.1. The minimum absolute atomic E-state index is 0.337. The van der Waals surface area contributed by atoms with Gasteiger partial charge in [0.2, 0.25) is 23.6 Å². The minimum atomic E-state index is 0.337. The number of ether oxygens (including phenoxy) is 4. The molecule has 5 aromatic rings. The van der Waals surface area contributed by atoms with Crippen molar-refractivity contribution in [3.05, 3.63) is 72.8 Å². The number of imidazole rings is 1. The molecule has 0 amide bonds. The number of nitrogens with zero attached hydrogens (tertiary/aromatic N) is 7. The highest BCUT2D eigenvalue weighted by Gasteiger charge is 2.18. The van der Waals surface area contributed by atoms with E-state index < -0.39 is 0 Å². The van der Waals surface area contributed by atoms with Gasteiger partial charge in [-0.05, 0) is 24.3 Å². The number of methoxy groups -OCH3 is 2. The number of benzene rings is 2. The molecule has 0 spiro atoms. The summed E-state index contributed by atoms with van der Waals surface area (Å²) in [5.74, 6) is 2.92. The molecule has 3 aromatic heterocycles. The first-order chi connectivity index (χ1) is 21.2. The Morgan fingerprint density at radius 1 is 0.907 bits per heavy atom. The molecule has 6 rings (SSSR count). The highest BCUT2D eigenvalue weighted by Crippen LogP contribution is 2.41. The Labute approximate surface area is 248 Å². The van der Waals surface area contributed by atoms with Crippen molar-refractivity contribution >= 4 is 28.6 Å². The number of pyridine rings is 1. The summed E-state index contributed by atoms with van der Waals surface area (Å²) in [6, 6.07) is 17.2. The third kappa shape index (κ3) is 6.58. The molecular weight excluding hydrogens is 550 g/mol. The van der Waals surface area contributed by atoms with Gasteiger partial charge in [-0.2, -0.15) is 4.98 Å². The van der Waals surface area contributed by atoms with Crippen LogP contribution in [0.3, 0.4) is 0 Å². The minimum Gasteiger partial charge on any atom is -0.493 e. The van der Waals surface area contributed by atoms with Crippen molar-refractivity contribution in [3.8, 4) is 23.2 Å². The Morgan fingerprint density at radius 2 is 1.70 bits per heavy atom. The summed E-state index contributed by atoms with van der Waals surface area (Å²) in [4.78, 5) is 25.0. The van der Waals surface area contributed by atoms with Crippen LogP contribution in [0.25, 0.3) is 17.0 Å². The van der Waals surface area contributed by atoms with Crippen molar-refractivity contribution in [2.45, 2.75) is 6.54 Å². The quantitative estimate of drug-likeness (QED) is 0.222. The number of para-hydroxylation sites is 2. The van der Waals surface area contributed by atoms with Crippen molar-refractivity contribution in [3.63, 3.8) is 0 Å². The van der Waals surface area contributed by atoms with E-state index in [0.717, 1.165) is 49.6 Å². The Hall–Kier alpha value is -5.01. The van der Waals surface area contributed by atoms with Gasteiger partial charge in [0.15, 0.2) is 11.5 Å². The SMILES string of the molecule is COc1cc(Nc2ncnc(-n3c(NCc4ccccn4)nc4ccccc43)n2)cc(OC)c1OCCN1CCOCC1. The van der Waals surface area contributed by atoms with Crippen LogP contribution >= 0.6 is 0 Å². The molecule has 0 unspecified atom stereocenters. The van der Waals surface area contributed by atoms with E-state index in [1.165, 1.54) is 6.33 Å². The van der Waals surface area contributed by atoms with Crippen molar-refractivity contribution in [2.24, 2.45) is 0 Å². The maximum atomic E-state index is 6.11. The number of hydrogen-bond acceptors (Lipinski definition) is 12. The fraction of sp³-hybridized carbons (Fsp3) is 0.300. The summed E-state index contributed by atoms with van der Waals surface area (Å²) < 4.78 is 24.7. The highest BCUT2D eigenvalue weighted by molar-refractivity contribution is 5.80. The molecule has 1 aliphatic rings. The summed E-state index contributed by atoms with van der Waals surface area (Å²) in [6.07, 6.45) is 3.22. The van der Waals surface area contributed by atoms with Gasteiger partial charge >= 0.3 is 0 Å². The molecule has 0 bridgehead atoms. The van der Waals surface area contributed by atoms with Crippen LogP contribution < -0.4 is 24.8 Å². The summed E-state index contributed by atoms with van der Waals surface area (Å²) in [6.45, 7) is 5.03. The van der Waals surface area contributed by atoms with Gasteiger partial charge in [0, 0.05) is 43.7 Å². The average Bonchev–Trinajstić information content (AvgIpc) is 3.43. The van der Waals surface area contributed by atoms with E-state index in [1.807, 2.05) is 59.2 Å². The van der Waals surface area contributed by atoms with Gasteiger partial charge in [0.25, 0.3) is 0 Å². The Morgan fingerprint density at radius 3 is 2.47 bits per heavy atom. The third-order valence-electron chi connectivity index (χ3n) is 6.95. The second-order valence-corrected chi connectivity index (χ2v) is 9.68. The zero-order valence-corrected chi connectivity index (χ0v) is 24.1. The Bertz CT molecular complexity index is 1630. The molecule has 43 heavy (non-hydrogen) atoms. The van der Waals surface area contributed by atoms with Crippen LogP contribution in [0.1, 0.15) is 5.69 Å². The molecular formula is C30H33N9O4. The summed E-state index contributed by atoms with van der Waals surface area (Å²) in [7, 11) is 3.19. The first-order valence-corrected chi connectivity index (χ1v) is 14.0. The van der Waals surface area contributed by atoms with Crippen LogP contribution in [0.5, 0.6) is 17.2 Å². The molecule has 13 heteroatoms. The van der Waals surface area contributed by atoms with Gasteiger partial charge in [0.1, 0.15) is 12.9 Å². The second kappa shape index (κ2) is 13.3. The molecule has 2 aromatic carbocycles. The summed E-state index contributed by atoms with van der Waals surface area (Å²) in [5, 5.41) is 6.62. The molecule has 13 nitrogen and oxygen atoms in total. The van der Waals surface area contributed by atoms with E-state index in [0.29, 0.717) is 53.9 Å². The zero-order valence-electron chi connectivity index (χ0n) is 24.1. The molecule has 1 aliphatic heterocycles. The summed E-state index contributed by atoms with van der Waals surface area (Å²) in [5.41, 5.74) is 3.20. The number of rotatable bonds is 12. The van der Waals surface area contributed by atoms with Crippen molar-refractivity contribution in [2.75, 3.05) is 64.3 Å². The standard InChI is InChI=1S/C30H33N9O4/c1-40-25-17-22(18-26(41-2)27(25)43-16-13-38-11-14-42-15-12-38)35-28-33-20-34-30(37-28)39-24-9-4-3-8-23(24)36-29(39)32-19-21-7-5-6-10-31-21/h3-10,17-18,20H,11-16,19H2,1-2H3,(H,32,36)(H,33,34,35,37). The van der Waals surface area contributed by atoms with E-state index >= 15 is 0 Å². The molecule has 4 heterocycles. The van der Waals surface area contributed by atoms with Crippen LogP contribution in [0, 0.1) is 0 Å². The van der Waals surface area contributed by atoms with Gasteiger partial charge in [-0.15, -0.1) is 0 Å². The van der Waals surface area contributed by atoms with E-state index in [1.54, 1.807) is 20.4 Å². The number of morpholine rings is 1. The van der Waals surface area contributed by atoms with Gasteiger partial charge in [-0.25, -0.2) is 19.5 Å². The molecule has 222 valence electrons. The number of nitrogens with one attached hydrogen (secondary N) is 2. The van der Waals surface area contributed by atoms with Crippen LogP contribution in [-0.4, -0.2) is 88.1 Å². The maximum absolute atomic E-state index is 6.11. The largest absolute Gasteiger partial charge is 0.493 e. The molecule has 1 fully saturated rings. The first-order valence-electron chi connectivity index (χ1n) is 14.0. The van der Waals surface area contributed by atoms with Gasteiger partial charge in [-0.1, -0.05) is 18.2 Å². The lowest BCUT2D eigenvalue weighted by atomic mass is 10.2. The Kier molecular flexibility index (Phi) is 8.71. The lowest BCUT2D eigenvalue weighted by Crippen LogP contribution is -2.38. The zero-order chi connectivity index (χ0) is 29.4. The van der Waals surface area contributed by atoms with E-state index in [9.17, 15) is 0 Å². The van der Waals surface area contributed by atoms with Crippen LogP contribution in [0.4, 0.5) is 17.6 Å². The number of hydrogen-bond donors (Lipinski definition) is 2.